The molecule has 0 radical (unpaired) electrons. The summed E-state index contributed by atoms with van der Waals surface area (Å²) in [7, 11) is 1.52. The van der Waals surface area contributed by atoms with E-state index >= 15 is 0 Å². The maximum atomic E-state index is 12.4. The summed E-state index contributed by atoms with van der Waals surface area (Å²) >= 11 is 3.52. The van der Waals surface area contributed by atoms with Gasteiger partial charge < -0.3 is 15.4 Å². The average Bonchev–Trinajstić information content (AvgIpc) is 3.17. The maximum Gasteiger partial charge on any atom is 0.265 e. The molecular formula is C19H15IN2O3S. The third-order valence-electron chi connectivity index (χ3n) is 3.54. The Bertz CT molecular complexity index is 942. The van der Waals surface area contributed by atoms with Gasteiger partial charge in [0.2, 0.25) is 0 Å². The molecule has 0 saturated heterocycles. The normalized spacial score (nSPS) is 10.2. The lowest BCUT2D eigenvalue weighted by Crippen LogP contribution is -2.13. The molecule has 26 heavy (non-hydrogen) atoms. The van der Waals surface area contributed by atoms with Crippen LogP contribution in [0.15, 0.2) is 60.0 Å². The minimum absolute atomic E-state index is 0.200. The summed E-state index contributed by atoms with van der Waals surface area (Å²) in [5.74, 6) is 0.0604. The molecule has 0 saturated carbocycles. The van der Waals surface area contributed by atoms with Crippen molar-refractivity contribution >= 4 is 57.1 Å². The first-order chi connectivity index (χ1) is 12.6. The quantitative estimate of drug-likeness (QED) is 0.515. The van der Waals surface area contributed by atoms with Gasteiger partial charge in [0.1, 0.15) is 5.75 Å². The first-order valence-corrected chi connectivity index (χ1v) is 9.62. The highest BCUT2D eigenvalue weighted by molar-refractivity contribution is 14.1. The molecule has 2 N–H and O–H groups in total. The number of nitrogens with one attached hydrogen (secondary N) is 2. The molecule has 5 nitrogen and oxygen atoms in total. The summed E-state index contributed by atoms with van der Waals surface area (Å²) < 4.78 is 6.33. The van der Waals surface area contributed by atoms with Gasteiger partial charge in [-0.15, -0.1) is 11.3 Å². The second kappa shape index (κ2) is 8.33. The van der Waals surface area contributed by atoms with Gasteiger partial charge in [-0.1, -0.05) is 12.1 Å². The monoisotopic (exact) mass is 478 g/mol. The predicted molar refractivity (Wildman–Crippen MR) is 112 cm³/mol. The molecule has 1 heterocycles. The highest BCUT2D eigenvalue weighted by Gasteiger charge is 2.13. The number of anilines is 2. The fourth-order valence-electron chi connectivity index (χ4n) is 2.30. The van der Waals surface area contributed by atoms with E-state index in [0.29, 0.717) is 27.6 Å². The van der Waals surface area contributed by atoms with E-state index in [1.165, 1.54) is 18.4 Å². The largest absolute Gasteiger partial charge is 0.494 e. The highest BCUT2D eigenvalue weighted by atomic mass is 127. The van der Waals surface area contributed by atoms with Gasteiger partial charge in [0.05, 0.1) is 17.7 Å². The van der Waals surface area contributed by atoms with E-state index < -0.39 is 0 Å². The van der Waals surface area contributed by atoms with Crippen molar-refractivity contribution in [1.82, 2.24) is 0 Å². The molecule has 7 heteroatoms. The van der Waals surface area contributed by atoms with Gasteiger partial charge in [-0.05, 0) is 64.4 Å². The van der Waals surface area contributed by atoms with E-state index in [1.54, 1.807) is 30.3 Å². The third-order valence-corrected chi connectivity index (χ3v) is 5.08. The number of rotatable bonds is 5. The lowest BCUT2D eigenvalue weighted by atomic mass is 10.2. The Morgan fingerprint density at radius 2 is 1.85 bits per heavy atom. The zero-order chi connectivity index (χ0) is 18.5. The third kappa shape index (κ3) is 4.41. The van der Waals surface area contributed by atoms with Gasteiger partial charge in [0, 0.05) is 20.9 Å². The number of benzene rings is 2. The van der Waals surface area contributed by atoms with E-state index in [4.69, 9.17) is 4.74 Å². The fourth-order valence-corrected chi connectivity index (χ4v) is 3.46. The predicted octanol–water partition coefficient (Wildman–Crippen LogP) is 4.87. The Hall–Kier alpha value is -2.39. The smallest absolute Gasteiger partial charge is 0.265 e. The molecule has 3 rings (SSSR count). The molecule has 0 unspecified atom stereocenters. The minimum atomic E-state index is -0.207. The van der Waals surface area contributed by atoms with Crippen LogP contribution < -0.4 is 15.4 Å². The maximum absolute atomic E-state index is 12.4. The van der Waals surface area contributed by atoms with Crippen LogP contribution in [0, 0.1) is 3.57 Å². The van der Waals surface area contributed by atoms with E-state index in [1.807, 2.05) is 29.6 Å². The van der Waals surface area contributed by atoms with Crippen LogP contribution in [0.1, 0.15) is 20.0 Å². The molecule has 0 aliphatic heterocycles. The van der Waals surface area contributed by atoms with Crippen LogP contribution in [0.4, 0.5) is 11.4 Å². The lowest BCUT2D eigenvalue weighted by molar-refractivity contribution is 0.101. The molecule has 2 amide bonds. The van der Waals surface area contributed by atoms with Crippen LogP contribution in [0.25, 0.3) is 0 Å². The van der Waals surface area contributed by atoms with Crippen LogP contribution in [0.3, 0.4) is 0 Å². The molecule has 0 aliphatic carbocycles. The molecule has 0 fully saturated rings. The summed E-state index contributed by atoms with van der Waals surface area (Å²) in [5.41, 5.74) is 1.70. The molecule has 1 aromatic heterocycles. The second-order valence-electron chi connectivity index (χ2n) is 5.31. The van der Waals surface area contributed by atoms with Crippen LogP contribution >= 0.6 is 33.9 Å². The van der Waals surface area contributed by atoms with Crippen molar-refractivity contribution in [2.75, 3.05) is 17.7 Å². The van der Waals surface area contributed by atoms with E-state index in [2.05, 4.69) is 33.2 Å². The van der Waals surface area contributed by atoms with Crippen LogP contribution in [0.2, 0.25) is 0 Å². The molecule has 132 valence electrons. The van der Waals surface area contributed by atoms with Gasteiger partial charge in [-0.3, -0.25) is 9.59 Å². The van der Waals surface area contributed by atoms with Crippen molar-refractivity contribution in [2.45, 2.75) is 0 Å². The molecular weight excluding hydrogens is 463 g/mol. The number of thiophene rings is 1. The van der Waals surface area contributed by atoms with Gasteiger partial charge in [-0.25, -0.2) is 0 Å². The molecule has 0 aliphatic rings. The van der Waals surface area contributed by atoms with E-state index in [-0.39, 0.29) is 11.8 Å². The minimum Gasteiger partial charge on any atom is -0.494 e. The van der Waals surface area contributed by atoms with E-state index in [0.717, 1.165) is 3.57 Å². The van der Waals surface area contributed by atoms with Crippen LogP contribution in [0.5, 0.6) is 5.75 Å². The number of ether oxygens (including phenoxy) is 1. The molecule has 0 atom stereocenters. The average molecular weight is 478 g/mol. The van der Waals surface area contributed by atoms with Crippen molar-refractivity contribution < 1.29 is 14.3 Å². The van der Waals surface area contributed by atoms with Crippen molar-refractivity contribution in [3.63, 3.8) is 0 Å². The Morgan fingerprint density at radius 1 is 1.00 bits per heavy atom. The molecule has 2 aromatic carbocycles. The van der Waals surface area contributed by atoms with E-state index in [9.17, 15) is 9.59 Å². The zero-order valence-electron chi connectivity index (χ0n) is 13.8. The summed E-state index contributed by atoms with van der Waals surface area (Å²) in [6, 6.07) is 16.0. The summed E-state index contributed by atoms with van der Waals surface area (Å²) in [5, 5.41) is 7.49. The summed E-state index contributed by atoms with van der Waals surface area (Å²) in [6.45, 7) is 0. The van der Waals surface area contributed by atoms with Crippen molar-refractivity contribution in [2.24, 2.45) is 0 Å². The fraction of sp³-hybridized carbons (Fsp3) is 0.0526. The Balaban J connectivity index is 1.76. The topological polar surface area (TPSA) is 67.4 Å². The zero-order valence-corrected chi connectivity index (χ0v) is 16.8. The van der Waals surface area contributed by atoms with Gasteiger partial charge in [0.25, 0.3) is 11.8 Å². The van der Waals surface area contributed by atoms with Crippen molar-refractivity contribution in [3.05, 3.63) is 74.0 Å². The number of amides is 2. The second-order valence-corrected chi connectivity index (χ2v) is 7.50. The molecule has 3 aromatic rings. The number of halogens is 1. The van der Waals surface area contributed by atoms with Gasteiger partial charge >= 0.3 is 0 Å². The Kier molecular flexibility index (Phi) is 5.89. The SMILES string of the molecule is COc1cc(NC(=O)c2cccc(I)c2)ccc1NC(=O)c1cccs1. The Morgan fingerprint density at radius 3 is 2.54 bits per heavy atom. The number of hydrogen-bond acceptors (Lipinski definition) is 4. The van der Waals surface area contributed by atoms with Crippen LogP contribution in [-0.2, 0) is 0 Å². The number of carbonyl (C=O) groups excluding carboxylic acids is 2. The lowest BCUT2D eigenvalue weighted by Gasteiger charge is -2.12. The highest BCUT2D eigenvalue weighted by Crippen LogP contribution is 2.29. The van der Waals surface area contributed by atoms with Gasteiger partial charge in [-0.2, -0.15) is 0 Å². The number of carbonyl (C=O) groups is 2. The summed E-state index contributed by atoms with van der Waals surface area (Å²) in [4.78, 5) is 25.2. The number of methoxy groups -OCH3 is 1. The summed E-state index contributed by atoms with van der Waals surface area (Å²) in [6.07, 6.45) is 0. The van der Waals surface area contributed by atoms with Gasteiger partial charge in [0.15, 0.2) is 0 Å². The van der Waals surface area contributed by atoms with Crippen molar-refractivity contribution in [3.8, 4) is 5.75 Å². The Labute approximate surface area is 168 Å². The standard InChI is InChI=1S/C19H15IN2O3S/c1-25-16-11-14(21-18(23)12-4-2-5-13(20)10-12)7-8-15(16)22-19(24)17-6-3-9-26-17/h2-11H,1H3,(H,21,23)(H,22,24). The first kappa shape index (κ1) is 18.4. The molecule has 0 bridgehead atoms. The van der Waals surface area contributed by atoms with Crippen molar-refractivity contribution in [1.29, 1.82) is 0 Å². The molecule has 0 spiro atoms. The van der Waals surface area contributed by atoms with Crippen LogP contribution in [-0.4, -0.2) is 18.9 Å². The number of hydrogen-bond donors (Lipinski definition) is 2. The first-order valence-electron chi connectivity index (χ1n) is 7.66.